The molecule has 0 radical (unpaired) electrons. The molecule has 3 aromatic rings. The number of aryl methyl sites for hydroxylation is 1. The molecule has 0 spiro atoms. The average molecular weight is 315 g/mol. The highest BCUT2D eigenvalue weighted by Crippen LogP contribution is 2.29. The van der Waals surface area contributed by atoms with Crippen LogP contribution in [0.2, 0.25) is 0 Å². The molecule has 2 aromatic heterocycles. The molecule has 0 fully saturated rings. The second-order valence-electron chi connectivity index (χ2n) is 5.00. The van der Waals surface area contributed by atoms with Crippen LogP contribution in [0.1, 0.15) is 28.3 Å². The molecule has 0 aliphatic carbocycles. The van der Waals surface area contributed by atoms with Gasteiger partial charge in [-0.1, -0.05) is 18.2 Å². The first-order chi connectivity index (χ1) is 10.7. The molecule has 0 aliphatic heterocycles. The summed E-state index contributed by atoms with van der Waals surface area (Å²) >= 11 is 1.54. The molecule has 2 N–H and O–H groups in total. The summed E-state index contributed by atoms with van der Waals surface area (Å²) in [6, 6.07) is 9.94. The number of carbonyl (C=O) groups excluding carboxylic acids is 1. The molecular weight excluding hydrogens is 298 g/mol. The number of thiophene rings is 1. The summed E-state index contributed by atoms with van der Waals surface area (Å²) in [6.45, 7) is 2.86. The van der Waals surface area contributed by atoms with Gasteiger partial charge < -0.3 is 10.4 Å². The van der Waals surface area contributed by atoms with Gasteiger partial charge in [0, 0.05) is 28.9 Å². The van der Waals surface area contributed by atoms with E-state index in [1.165, 1.54) is 6.20 Å². The second-order valence-corrected chi connectivity index (χ2v) is 6.11. The summed E-state index contributed by atoms with van der Waals surface area (Å²) in [5, 5.41) is 18.2. The molecule has 0 bridgehead atoms. The number of carbonyl (C=O) groups is 1. The third-order valence-electron chi connectivity index (χ3n) is 3.45. The van der Waals surface area contributed by atoms with Gasteiger partial charge in [0.2, 0.25) is 0 Å². The van der Waals surface area contributed by atoms with E-state index in [0.717, 1.165) is 21.5 Å². The first-order valence-corrected chi connectivity index (χ1v) is 7.96. The number of rotatable bonds is 5. The van der Waals surface area contributed by atoms with Crippen LogP contribution in [0.3, 0.4) is 0 Å². The Morgan fingerprint density at radius 1 is 1.45 bits per heavy atom. The highest BCUT2D eigenvalue weighted by molar-refractivity contribution is 7.19. The van der Waals surface area contributed by atoms with Crippen LogP contribution < -0.4 is 5.32 Å². The van der Waals surface area contributed by atoms with Gasteiger partial charge in [-0.15, -0.1) is 11.3 Å². The van der Waals surface area contributed by atoms with Gasteiger partial charge in [-0.25, -0.2) is 0 Å². The van der Waals surface area contributed by atoms with E-state index in [0.29, 0.717) is 5.56 Å². The molecule has 1 unspecified atom stereocenters. The van der Waals surface area contributed by atoms with Gasteiger partial charge in [-0.3, -0.25) is 9.48 Å². The molecule has 0 aliphatic rings. The van der Waals surface area contributed by atoms with Crippen molar-refractivity contribution in [2.75, 3.05) is 6.54 Å². The summed E-state index contributed by atoms with van der Waals surface area (Å²) in [6.07, 6.45) is 2.52. The zero-order chi connectivity index (χ0) is 15.5. The van der Waals surface area contributed by atoms with Crippen molar-refractivity contribution in [2.24, 2.45) is 0 Å². The summed E-state index contributed by atoms with van der Waals surface area (Å²) < 4.78 is 2.82. The molecule has 22 heavy (non-hydrogen) atoms. The van der Waals surface area contributed by atoms with Crippen molar-refractivity contribution in [2.45, 2.75) is 19.6 Å². The minimum Gasteiger partial charge on any atom is -0.386 e. The molecule has 3 rings (SSSR count). The fourth-order valence-electron chi connectivity index (χ4n) is 2.21. The molecule has 114 valence electrons. The number of aliphatic hydroxyl groups excluding tert-OH is 1. The first-order valence-electron chi connectivity index (χ1n) is 7.14. The molecule has 0 saturated carbocycles. The Kier molecular flexibility index (Phi) is 4.22. The summed E-state index contributed by atoms with van der Waals surface area (Å²) in [5.41, 5.74) is 0.505. The van der Waals surface area contributed by atoms with Crippen molar-refractivity contribution < 1.29 is 9.90 Å². The van der Waals surface area contributed by atoms with Crippen molar-refractivity contribution in [3.63, 3.8) is 0 Å². The Hall–Kier alpha value is -2.18. The molecule has 0 saturated heterocycles. The number of fused-ring (bicyclic) bond motifs is 1. The van der Waals surface area contributed by atoms with Gasteiger partial charge in [-0.05, 0) is 24.4 Å². The minimum absolute atomic E-state index is 0.183. The topological polar surface area (TPSA) is 67.2 Å². The zero-order valence-electron chi connectivity index (χ0n) is 12.2. The Morgan fingerprint density at radius 2 is 2.27 bits per heavy atom. The second kappa shape index (κ2) is 6.29. The van der Waals surface area contributed by atoms with Crippen LogP contribution in [0.15, 0.2) is 42.7 Å². The lowest BCUT2D eigenvalue weighted by Gasteiger charge is -2.09. The van der Waals surface area contributed by atoms with Crippen LogP contribution in [-0.4, -0.2) is 27.3 Å². The van der Waals surface area contributed by atoms with Crippen molar-refractivity contribution in [3.8, 4) is 0 Å². The quantitative estimate of drug-likeness (QED) is 0.760. The molecule has 1 aromatic carbocycles. The van der Waals surface area contributed by atoms with Crippen LogP contribution in [0, 0.1) is 0 Å². The maximum absolute atomic E-state index is 12.0. The highest BCUT2D eigenvalue weighted by Gasteiger charge is 2.14. The summed E-state index contributed by atoms with van der Waals surface area (Å²) in [7, 11) is 0. The molecule has 1 atom stereocenters. The standard InChI is InChI=1S/C16H17N3O2S/c1-2-19-10-12(8-18-19)16(21)17-9-13(20)15-7-11-5-3-4-6-14(11)22-15/h3-8,10,13,20H,2,9H2,1H3,(H,17,21). The molecule has 6 heteroatoms. The Morgan fingerprint density at radius 3 is 3.00 bits per heavy atom. The number of aromatic nitrogens is 2. The van der Waals surface area contributed by atoms with E-state index in [2.05, 4.69) is 10.4 Å². The Labute approximate surface area is 132 Å². The van der Waals surface area contributed by atoms with Gasteiger partial charge in [0.25, 0.3) is 5.91 Å². The predicted octanol–water partition coefficient (Wildman–Crippen LogP) is 2.58. The van der Waals surface area contributed by atoms with Crippen LogP contribution in [0.5, 0.6) is 0 Å². The normalized spacial score (nSPS) is 12.5. The number of aliphatic hydroxyl groups is 1. The van der Waals surface area contributed by atoms with Gasteiger partial charge >= 0.3 is 0 Å². The lowest BCUT2D eigenvalue weighted by Crippen LogP contribution is -2.27. The number of amides is 1. The number of nitrogens with zero attached hydrogens (tertiary/aromatic N) is 2. The van der Waals surface area contributed by atoms with Crippen molar-refractivity contribution in [3.05, 3.63) is 53.2 Å². The minimum atomic E-state index is -0.706. The van der Waals surface area contributed by atoms with Crippen molar-refractivity contribution in [1.29, 1.82) is 0 Å². The number of benzene rings is 1. The zero-order valence-corrected chi connectivity index (χ0v) is 13.0. The van der Waals surface area contributed by atoms with E-state index in [9.17, 15) is 9.90 Å². The van der Waals surface area contributed by atoms with E-state index >= 15 is 0 Å². The largest absolute Gasteiger partial charge is 0.386 e. The summed E-state index contributed by atoms with van der Waals surface area (Å²) in [5.74, 6) is -0.222. The van der Waals surface area contributed by atoms with E-state index in [1.807, 2.05) is 37.3 Å². The predicted molar refractivity (Wildman–Crippen MR) is 87.0 cm³/mol. The molecule has 2 heterocycles. The van der Waals surface area contributed by atoms with Crippen LogP contribution in [-0.2, 0) is 6.54 Å². The number of hydrogen-bond acceptors (Lipinski definition) is 4. The van der Waals surface area contributed by atoms with E-state index in [1.54, 1.807) is 22.2 Å². The van der Waals surface area contributed by atoms with Crippen LogP contribution >= 0.6 is 11.3 Å². The van der Waals surface area contributed by atoms with Crippen LogP contribution in [0.25, 0.3) is 10.1 Å². The Balaban J connectivity index is 1.64. The Bertz CT molecular complexity index is 760. The fourth-order valence-corrected chi connectivity index (χ4v) is 3.26. The first kappa shape index (κ1) is 14.7. The maximum Gasteiger partial charge on any atom is 0.254 e. The van der Waals surface area contributed by atoms with E-state index in [4.69, 9.17) is 0 Å². The van der Waals surface area contributed by atoms with E-state index in [-0.39, 0.29) is 12.5 Å². The van der Waals surface area contributed by atoms with Crippen LogP contribution in [0.4, 0.5) is 0 Å². The van der Waals surface area contributed by atoms with Gasteiger partial charge in [-0.2, -0.15) is 5.10 Å². The highest BCUT2D eigenvalue weighted by atomic mass is 32.1. The molecule has 1 amide bonds. The van der Waals surface area contributed by atoms with Crippen molar-refractivity contribution >= 4 is 27.3 Å². The number of hydrogen-bond donors (Lipinski definition) is 2. The third kappa shape index (κ3) is 3.03. The maximum atomic E-state index is 12.0. The lowest BCUT2D eigenvalue weighted by molar-refractivity contribution is 0.0918. The summed E-state index contributed by atoms with van der Waals surface area (Å²) in [4.78, 5) is 12.9. The van der Waals surface area contributed by atoms with Gasteiger partial charge in [0.1, 0.15) is 6.10 Å². The van der Waals surface area contributed by atoms with Gasteiger partial charge in [0.05, 0.1) is 11.8 Å². The van der Waals surface area contributed by atoms with Crippen molar-refractivity contribution in [1.82, 2.24) is 15.1 Å². The fraction of sp³-hybridized carbons (Fsp3) is 0.250. The SMILES string of the molecule is CCn1cc(C(=O)NCC(O)c2cc3ccccc3s2)cn1. The van der Waals surface area contributed by atoms with Gasteiger partial charge in [0.15, 0.2) is 0 Å². The third-order valence-corrected chi connectivity index (χ3v) is 4.67. The number of nitrogens with one attached hydrogen (secondary N) is 1. The monoisotopic (exact) mass is 315 g/mol. The lowest BCUT2D eigenvalue weighted by atomic mass is 10.2. The van der Waals surface area contributed by atoms with E-state index < -0.39 is 6.10 Å². The average Bonchev–Trinajstić information content (AvgIpc) is 3.18. The molecule has 5 nitrogen and oxygen atoms in total. The molecular formula is C16H17N3O2S. The smallest absolute Gasteiger partial charge is 0.254 e.